The predicted molar refractivity (Wildman–Crippen MR) is 135 cm³/mol. The molecule has 0 aliphatic heterocycles. The van der Waals surface area contributed by atoms with Gasteiger partial charge in [-0.25, -0.2) is 4.98 Å². The fraction of sp³-hybridized carbons (Fsp3) is 0.111. The second-order valence-electron chi connectivity index (χ2n) is 8.10. The van der Waals surface area contributed by atoms with Crippen LogP contribution in [0.25, 0.3) is 27.5 Å². The first-order valence-electron chi connectivity index (χ1n) is 10.7. The van der Waals surface area contributed by atoms with Crippen molar-refractivity contribution in [3.8, 4) is 17.7 Å². The second kappa shape index (κ2) is 8.58. The summed E-state index contributed by atoms with van der Waals surface area (Å²) in [5, 5.41) is 10.5. The summed E-state index contributed by atoms with van der Waals surface area (Å²) in [4.78, 5) is 22.8. The van der Waals surface area contributed by atoms with E-state index in [9.17, 15) is 10.1 Å². The summed E-state index contributed by atoms with van der Waals surface area (Å²) in [6, 6.07) is 19.4. The maximum absolute atomic E-state index is 13.6. The number of benzene rings is 2. The molecular formula is C27H20N4O2S. The molecule has 0 amide bonds. The second-order valence-corrected chi connectivity index (χ2v) is 9.13. The summed E-state index contributed by atoms with van der Waals surface area (Å²) in [6.45, 7) is 5.85. The number of ether oxygens (including phenoxy) is 1. The molecule has 0 spiro atoms. The van der Waals surface area contributed by atoms with Crippen molar-refractivity contribution in [1.29, 1.82) is 5.26 Å². The molecule has 5 rings (SSSR count). The zero-order chi connectivity index (χ0) is 23.8. The Kier molecular flexibility index (Phi) is 5.44. The van der Waals surface area contributed by atoms with E-state index in [2.05, 4.69) is 16.0 Å². The van der Waals surface area contributed by atoms with Crippen LogP contribution in [0.3, 0.4) is 0 Å². The van der Waals surface area contributed by atoms with Gasteiger partial charge in [0.2, 0.25) is 5.88 Å². The van der Waals surface area contributed by atoms with Crippen molar-refractivity contribution in [2.45, 2.75) is 20.8 Å². The average molecular weight is 465 g/mol. The van der Waals surface area contributed by atoms with E-state index < -0.39 is 0 Å². The van der Waals surface area contributed by atoms with Crippen LogP contribution in [-0.2, 0) is 0 Å². The lowest BCUT2D eigenvalue weighted by atomic mass is 10.1. The molecular weight excluding hydrogens is 444 g/mol. The van der Waals surface area contributed by atoms with Crippen molar-refractivity contribution in [3.05, 3.63) is 98.4 Å². The number of para-hydroxylation sites is 1. The van der Waals surface area contributed by atoms with E-state index in [0.29, 0.717) is 16.4 Å². The van der Waals surface area contributed by atoms with Crippen molar-refractivity contribution >= 4 is 38.8 Å². The number of nitriles is 1. The Hall–Kier alpha value is -4.28. The van der Waals surface area contributed by atoms with Crippen LogP contribution in [0.2, 0.25) is 0 Å². The number of hydrogen-bond acceptors (Lipinski definition) is 6. The number of aromatic nitrogens is 3. The first-order valence-corrected chi connectivity index (χ1v) is 11.5. The van der Waals surface area contributed by atoms with Gasteiger partial charge in [-0.3, -0.25) is 9.20 Å². The van der Waals surface area contributed by atoms with Gasteiger partial charge < -0.3 is 4.74 Å². The van der Waals surface area contributed by atoms with Crippen molar-refractivity contribution in [2.24, 2.45) is 0 Å². The zero-order valence-electron chi connectivity index (χ0n) is 18.9. The molecule has 0 fully saturated rings. The number of aryl methyl sites for hydroxylation is 3. The van der Waals surface area contributed by atoms with E-state index in [4.69, 9.17) is 4.74 Å². The maximum Gasteiger partial charge on any atom is 0.269 e. The van der Waals surface area contributed by atoms with E-state index in [1.54, 1.807) is 12.3 Å². The Labute approximate surface area is 200 Å². The Morgan fingerprint density at radius 2 is 1.82 bits per heavy atom. The lowest BCUT2D eigenvalue weighted by Crippen LogP contribution is -2.19. The van der Waals surface area contributed by atoms with Crippen LogP contribution < -0.4 is 10.3 Å². The summed E-state index contributed by atoms with van der Waals surface area (Å²) >= 11 is 1.40. The third-order valence-electron chi connectivity index (χ3n) is 5.39. The van der Waals surface area contributed by atoms with Gasteiger partial charge in [-0.1, -0.05) is 24.3 Å². The third kappa shape index (κ3) is 3.96. The zero-order valence-corrected chi connectivity index (χ0v) is 19.7. The highest BCUT2D eigenvalue weighted by Crippen LogP contribution is 2.31. The smallest absolute Gasteiger partial charge is 0.269 e. The summed E-state index contributed by atoms with van der Waals surface area (Å²) < 4.78 is 8.60. The Bertz CT molecular complexity index is 1650. The first kappa shape index (κ1) is 21.6. The van der Waals surface area contributed by atoms with E-state index in [1.807, 2.05) is 69.3 Å². The molecule has 166 valence electrons. The molecule has 0 saturated heterocycles. The minimum absolute atomic E-state index is 0.151. The van der Waals surface area contributed by atoms with Gasteiger partial charge in [0.1, 0.15) is 28.0 Å². The van der Waals surface area contributed by atoms with E-state index in [0.717, 1.165) is 26.9 Å². The third-order valence-corrected chi connectivity index (χ3v) is 6.46. The van der Waals surface area contributed by atoms with Crippen molar-refractivity contribution in [3.63, 3.8) is 0 Å². The van der Waals surface area contributed by atoms with E-state index in [-0.39, 0.29) is 22.6 Å². The van der Waals surface area contributed by atoms with E-state index in [1.165, 1.54) is 21.8 Å². The number of rotatable bonds is 4. The van der Waals surface area contributed by atoms with Crippen LogP contribution >= 0.6 is 11.3 Å². The molecule has 3 aromatic heterocycles. The molecule has 0 aliphatic carbocycles. The fourth-order valence-corrected chi connectivity index (χ4v) is 4.80. The summed E-state index contributed by atoms with van der Waals surface area (Å²) in [6.07, 6.45) is 3.19. The van der Waals surface area contributed by atoms with Crippen LogP contribution in [0, 0.1) is 32.1 Å². The van der Waals surface area contributed by atoms with E-state index >= 15 is 0 Å². The molecule has 0 radical (unpaired) electrons. The maximum atomic E-state index is 13.6. The molecule has 7 heteroatoms. The molecule has 2 aromatic carbocycles. The highest BCUT2D eigenvalue weighted by atomic mass is 32.1. The van der Waals surface area contributed by atoms with Crippen molar-refractivity contribution in [2.75, 3.05) is 0 Å². The topological polar surface area (TPSA) is 80.3 Å². The molecule has 6 nitrogen and oxygen atoms in total. The van der Waals surface area contributed by atoms with Crippen molar-refractivity contribution < 1.29 is 4.74 Å². The van der Waals surface area contributed by atoms with Gasteiger partial charge in [0, 0.05) is 6.20 Å². The quantitative estimate of drug-likeness (QED) is 0.301. The molecule has 0 unspecified atom stereocenters. The number of fused-ring (bicyclic) bond motifs is 2. The molecule has 0 bridgehead atoms. The Morgan fingerprint density at radius 3 is 2.56 bits per heavy atom. The number of nitrogens with zero attached hydrogens (tertiary/aromatic N) is 4. The highest BCUT2D eigenvalue weighted by Gasteiger charge is 2.18. The van der Waals surface area contributed by atoms with Crippen LogP contribution in [0.4, 0.5) is 0 Å². The molecule has 34 heavy (non-hydrogen) atoms. The SMILES string of the molecule is Cc1cc(C)cc(Oc2nc3c(C)cccn3c(=O)c2/C=C(\C#N)c2nc3ccccc3s2)c1. The average Bonchev–Trinajstić information content (AvgIpc) is 3.23. The van der Waals surface area contributed by atoms with Gasteiger partial charge in [0.15, 0.2) is 0 Å². The monoisotopic (exact) mass is 464 g/mol. The van der Waals surface area contributed by atoms with Gasteiger partial charge in [-0.05, 0) is 73.9 Å². The van der Waals surface area contributed by atoms with Gasteiger partial charge in [-0.2, -0.15) is 10.2 Å². The molecule has 0 N–H and O–H groups in total. The number of hydrogen-bond donors (Lipinski definition) is 0. The largest absolute Gasteiger partial charge is 0.438 e. The minimum Gasteiger partial charge on any atom is -0.438 e. The van der Waals surface area contributed by atoms with Crippen LogP contribution in [-0.4, -0.2) is 14.4 Å². The van der Waals surface area contributed by atoms with Gasteiger partial charge in [0.25, 0.3) is 5.56 Å². The minimum atomic E-state index is -0.318. The standard InChI is InChI=1S/C27H20N4O2S/c1-16-11-17(2)13-20(12-16)33-25-21(27(32)31-10-6-7-18(3)24(31)30-25)14-19(15-28)26-29-22-8-4-5-9-23(22)34-26/h4-14H,1-3H3/b19-14+. The van der Waals surface area contributed by atoms with Crippen LogP contribution in [0.5, 0.6) is 11.6 Å². The predicted octanol–water partition coefficient (Wildman–Crippen LogP) is 6.09. The lowest BCUT2D eigenvalue weighted by molar-refractivity contribution is 0.460. The molecule has 5 aromatic rings. The van der Waals surface area contributed by atoms with Gasteiger partial charge in [0.05, 0.1) is 15.8 Å². The fourth-order valence-electron chi connectivity index (χ4n) is 3.87. The highest BCUT2D eigenvalue weighted by molar-refractivity contribution is 7.19. The number of allylic oxidation sites excluding steroid dienone is 1. The van der Waals surface area contributed by atoms with Crippen molar-refractivity contribution in [1.82, 2.24) is 14.4 Å². The van der Waals surface area contributed by atoms with Gasteiger partial charge in [-0.15, -0.1) is 11.3 Å². The summed E-state index contributed by atoms with van der Waals surface area (Å²) in [7, 11) is 0. The van der Waals surface area contributed by atoms with Crippen LogP contribution in [0.15, 0.2) is 65.6 Å². The molecule has 3 heterocycles. The molecule has 0 atom stereocenters. The Morgan fingerprint density at radius 1 is 1.06 bits per heavy atom. The normalized spacial score (nSPS) is 11.6. The molecule has 0 aliphatic rings. The van der Waals surface area contributed by atoms with Gasteiger partial charge >= 0.3 is 0 Å². The first-order chi connectivity index (χ1) is 16.4. The summed E-state index contributed by atoms with van der Waals surface area (Å²) in [5.41, 5.74) is 4.37. The van der Waals surface area contributed by atoms with Crippen LogP contribution in [0.1, 0.15) is 27.3 Å². The molecule has 0 saturated carbocycles. The lowest BCUT2D eigenvalue weighted by Gasteiger charge is -2.12. The summed E-state index contributed by atoms with van der Waals surface area (Å²) in [5.74, 6) is 0.730. The number of thiazole rings is 1. The number of pyridine rings is 1. The Balaban J connectivity index is 1.74.